The van der Waals surface area contributed by atoms with E-state index in [-0.39, 0.29) is 5.75 Å². The molecular weight excluding hydrogens is 317 g/mol. The Kier molecular flexibility index (Phi) is 7.37. The van der Waals surface area contributed by atoms with Gasteiger partial charge in [-0.3, -0.25) is 0 Å². The zero-order chi connectivity index (χ0) is 17.4. The molecule has 1 heterocycles. The van der Waals surface area contributed by atoms with E-state index in [4.69, 9.17) is 0 Å². The number of likely N-dealkylation sites (tertiary alicyclic amines) is 1. The predicted molar refractivity (Wildman–Crippen MR) is 89.2 cm³/mol. The lowest BCUT2D eigenvalue weighted by molar-refractivity contribution is -0.274. The number of halogens is 3. The topological polar surface area (TPSA) is 15.7 Å². The van der Waals surface area contributed by atoms with Crippen LogP contribution in [0, 0.1) is 0 Å². The summed E-state index contributed by atoms with van der Waals surface area (Å²) in [6.45, 7) is 8.62. The molecule has 0 aliphatic carbocycles. The van der Waals surface area contributed by atoms with Crippen molar-refractivity contribution in [3.8, 4) is 5.75 Å². The summed E-state index contributed by atoms with van der Waals surface area (Å²) in [5.74, 6) is -0.163. The smallest absolute Gasteiger partial charge is 0.406 e. The lowest BCUT2D eigenvalue weighted by atomic mass is 10.1. The first kappa shape index (κ1) is 19.1. The van der Waals surface area contributed by atoms with Gasteiger partial charge in [0.05, 0.1) is 0 Å². The van der Waals surface area contributed by atoms with Gasteiger partial charge in [-0.15, -0.1) is 13.2 Å². The molecule has 1 aromatic rings. The minimum atomic E-state index is -4.63. The number of hydrogen-bond donors (Lipinski definition) is 0. The Balaban J connectivity index is 1.73. The second-order valence-corrected chi connectivity index (χ2v) is 6.28. The third kappa shape index (κ3) is 7.09. The molecule has 0 bridgehead atoms. The highest BCUT2D eigenvalue weighted by molar-refractivity contribution is 5.27. The van der Waals surface area contributed by atoms with Crippen molar-refractivity contribution < 1.29 is 17.9 Å². The van der Waals surface area contributed by atoms with Gasteiger partial charge in [-0.05, 0) is 56.6 Å². The third-order valence-corrected chi connectivity index (χ3v) is 4.50. The summed E-state index contributed by atoms with van der Waals surface area (Å²) in [4.78, 5) is 4.92. The average Bonchev–Trinajstić information content (AvgIpc) is 2.56. The van der Waals surface area contributed by atoms with Crippen molar-refractivity contribution in [3.05, 3.63) is 29.8 Å². The molecule has 0 atom stereocenters. The van der Waals surface area contributed by atoms with Crippen molar-refractivity contribution in [2.75, 3.05) is 39.3 Å². The van der Waals surface area contributed by atoms with E-state index in [2.05, 4.69) is 21.5 Å². The Morgan fingerprint density at radius 1 is 1.04 bits per heavy atom. The second-order valence-electron chi connectivity index (χ2n) is 6.28. The average molecular weight is 344 g/mol. The molecule has 1 aliphatic rings. The number of benzene rings is 1. The van der Waals surface area contributed by atoms with Gasteiger partial charge in [0, 0.05) is 19.6 Å². The summed E-state index contributed by atoms with van der Waals surface area (Å²) < 4.78 is 40.3. The van der Waals surface area contributed by atoms with Crippen molar-refractivity contribution in [1.29, 1.82) is 0 Å². The fourth-order valence-electron chi connectivity index (χ4n) is 3.04. The highest BCUT2D eigenvalue weighted by Crippen LogP contribution is 2.22. The van der Waals surface area contributed by atoms with Gasteiger partial charge in [0.1, 0.15) is 5.75 Å². The molecule has 0 amide bonds. The predicted octanol–water partition coefficient (Wildman–Crippen LogP) is 3.94. The maximum absolute atomic E-state index is 12.1. The summed E-state index contributed by atoms with van der Waals surface area (Å²) >= 11 is 0. The zero-order valence-corrected chi connectivity index (χ0v) is 14.3. The molecule has 1 aromatic carbocycles. The van der Waals surface area contributed by atoms with Gasteiger partial charge < -0.3 is 14.5 Å². The molecule has 6 heteroatoms. The summed E-state index contributed by atoms with van der Waals surface area (Å²) in [5, 5.41) is 0. The first-order valence-corrected chi connectivity index (χ1v) is 8.75. The van der Waals surface area contributed by atoms with Crippen molar-refractivity contribution in [1.82, 2.24) is 9.80 Å². The minimum absolute atomic E-state index is 0.163. The van der Waals surface area contributed by atoms with Gasteiger partial charge in [0.15, 0.2) is 0 Å². The first-order valence-electron chi connectivity index (χ1n) is 8.75. The van der Waals surface area contributed by atoms with Gasteiger partial charge in [0.2, 0.25) is 0 Å². The van der Waals surface area contributed by atoms with Gasteiger partial charge >= 0.3 is 6.36 Å². The molecule has 0 radical (unpaired) electrons. The van der Waals surface area contributed by atoms with Crippen LogP contribution in [-0.2, 0) is 6.42 Å². The SMILES string of the molecule is CCN(CCc1ccc(OC(F)(F)F)cc1)CCN1CCCCC1. The van der Waals surface area contributed by atoms with Gasteiger partial charge in [0.25, 0.3) is 0 Å². The zero-order valence-electron chi connectivity index (χ0n) is 14.3. The molecule has 3 nitrogen and oxygen atoms in total. The summed E-state index contributed by atoms with van der Waals surface area (Å²) in [5.41, 5.74) is 1.03. The Morgan fingerprint density at radius 3 is 2.29 bits per heavy atom. The van der Waals surface area contributed by atoms with Gasteiger partial charge in [-0.1, -0.05) is 25.5 Å². The minimum Gasteiger partial charge on any atom is -0.406 e. The van der Waals surface area contributed by atoms with Crippen molar-refractivity contribution in [3.63, 3.8) is 0 Å². The lowest BCUT2D eigenvalue weighted by Gasteiger charge is -2.29. The maximum atomic E-state index is 12.1. The third-order valence-electron chi connectivity index (χ3n) is 4.50. The van der Waals surface area contributed by atoms with Crippen molar-refractivity contribution in [2.45, 2.75) is 39.0 Å². The molecule has 1 fully saturated rings. The van der Waals surface area contributed by atoms with E-state index in [0.29, 0.717) is 0 Å². The van der Waals surface area contributed by atoms with Crippen molar-refractivity contribution >= 4 is 0 Å². The first-order chi connectivity index (χ1) is 11.5. The standard InChI is InChI=1S/C18H27F3N2O/c1-2-22(14-15-23-11-4-3-5-12-23)13-10-16-6-8-17(9-7-16)24-18(19,20)21/h6-9H,2-5,10-15H2,1H3. The number of alkyl halides is 3. The van der Waals surface area contributed by atoms with E-state index in [1.54, 1.807) is 12.1 Å². The number of rotatable bonds is 8. The van der Waals surface area contributed by atoms with Crippen LogP contribution in [0.2, 0.25) is 0 Å². The molecular formula is C18H27F3N2O. The Morgan fingerprint density at radius 2 is 1.71 bits per heavy atom. The van der Waals surface area contributed by atoms with E-state index in [1.165, 1.54) is 44.5 Å². The fraction of sp³-hybridized carbons (Fsp3) is 0.667. The number of nitrogens with zero attached hydrogens (tertiary/aromatic N) is 2. The van der Waals surface area contributed by atoms with E-state index in [9.17, 15) is 13.2 Å². The van der Waals surface area contributed by atoms with E-state index in [0.717, 1.165) is 38.2 Å². The molecule has 2 rings (SSSR count). The normalized spacial score (nSPS) is 16.5. The summed E-state index contributed by atoms with van der Waals surface area (Å²) in [6, 6.07) is 6.18. The van der Waals surface area contributed by atoms with E-state index in [1.807, 2.05) is 0 Å². The number of hydrogen-bond acceptors (Lipinski definition) is 3. The molecule has 0 saturated carbocycles. The quantitative estimate of drug-likeness (QED) is 0.710. The fourth-order valence-corrected chi connectivity index (χ4v) is 3.04. The van der Waals surface area contributed by atoms with Crippen LogP contribution in [0.5, 0.6) is 5.75 Å². The second kappa shape index (κ2) is 9.28. The Hall–Kier alpha value is -1.27. The lowest BCUT2D eigenvalue weighted by Crippen LogP contribution is -2.38. The van der Waals surface area contributed by atoms with E-state index < -0.39 is 6.36 Å². The Bertz CT molecular complexity index is 470. The molecule has 24 heavy (non-hydrogen) atoms. The number of likely N-dealkylation sites (N-methyl/N-ethyl adjacent to an activating group) is 1. The molecule has 1 aliphatic heterocycles. The summed E-state index contributed by atoms with van der Waals surface area (Å²) in [7, 11) is 0. The van der Waals surface area contributed by atoms with Crippen LogP contribution in [0.4, 0.5) is 13.2 Å². The van der Waals surface area contributed by atoms with Crippen LogP contribution in [0.15, 0.2) is 24.3 Å². The highest BCUT2D eigenvalue weighted by atomic mass is 19.4. The molecule has 1 saturated heterocycles. The molecule has 0 unspecified atom stereocenters. The van der Waals surface area contributed by atoms with Crippen LogP contribution in [0.25, 0.3) is 0 Å². The van der Waals surface area contributed by atoms with Crippen molar-refractivity contribution in [2.24, 2.45) is 0 Å². The largest absolute Gasteiger partial charge is 0.573 e. The molecule has 136 valence electrons. The molecule has 0 N–H and O–H groups in total. The highest BCUT2D eigenvalue weighted by Gasteiger charge is 2.30. The van der Waals surface area contributed by atoms with Crippen LogP contribution < -0.4 is 4.74 Å². The number of piperidine rings is 1. The van der Waals surface area contributed by atoms with Crippen LogP contribution in [0.1, 0.15) is 31.7 Å². The van der Waals surface area contributed by atoms with Gasteiger partial charge in [-0.2, -0.15) is 0 Å². The number of ether oxygens (including phenoxy) is 1. The van der Waals surface area contributed by atoms with E-state index >= 15 is 0 Å². The monoisotopic (exact) mass is 344 g/mol. The molecule has 0 spiro atoms. The Labute approximate surface area is 142 Å². The van der Waals surface area contributed by atoms with Crippen LogP contribution in [0.3, 0.4) is 0 Å². The summed E-state index contributed by atoms with van der Waals surface area (Å²) in [6.07, 6.45) is 0.161. The molecule has 0 aromatic heterocycles. The van der Waals surface area contributed by atoms with Gasteiger partial charge in [-0.25, -0.2) is 0 Å². The van der Waals surface area contributed by atoms with Crippen LogP contribution in [-0.4, -0.2) is 55.4 Å². The van der Waals surface area contributed by atoms with Crippen LogP contribution >= 0.6 is 0 Å². The maximum Gasteiger partial charge on any atom is 0.573 e.